The molecule has 152 valence electrons. The van der Waals surface area contributed by atoms with Crippen LogP contribution in [0.2, 0.25) is 0 Å². The van der Waals surface area contributed by atoms with E-state index in [0.29, 0.717) is 18.1 Å². The quantitative estimate of drug-likeness (QED) is 0.757. The second-order valence-electron chi connectivity index (χ2n) is 9.21. The number of piperazine rings is 1. The Morgan fingerprint density at radius 2 is 1.75 bits per heavy atom. The first kappa shape index (κ1) is 18.6. The Labute approximate surface area is 168 Å². The van der Waals surface area contributed by atoms with Crippen LogP contribution < -0.4 is 0 Å². The average molecular weight is 384 g/mol. The lowest BCUT2D eigenvalue weighted by Crippen LogP contribution is -2.61. The molecular formula is C23H33N3O2. The zero-order valence-electron chi connectivity index (χ0n) is 16.8. The van der Waals surface area contributed by atoms with Gasteiger partial charge in [-0.2, -0.15) is 0 Å². The molecule has 4 bridgehead atoms. The van der Waals surface area contributed by atoms with E-state index in [-0.39, 0.29) is 11.8 Å². The molecule has 1 aliphatic carbocycles. The maximum absolute atomic E-state index is 12.8. The molecule has 4 aliphatic heterocycles. The van der Waals surface area contributed by atoms with Gasteiger partial charge in [0.25, 0.3) is 0 Å². The number of piperidine rings is 1. The fraction of sp³-hybridized carbons (Fsp3) is 0.696. The molecule has 28 heavy (non-hydrogen) atoms. The van der Waals surface area contributed by atoms with Crippen LogP contribution in [0.4, 0.5) is 0 Å². The minimum Gasteiger partial charge on any atom is -0.301 e. The number of nitrogens with zero attached hydrogens (tertiary/aromatic N) is 3. The van der Waals surface area contributed by atoms with Gasteiger partial charge < -0.3 is 4.90 Å². The van der Waals surface area contributed by atoms with Gasteiger partial charge in [0.1, 0.15) is 0 Å². The third-order valence-electron chi connectivity index (χ3n) is 7.35. The first-order valence-electron chi connectivity index (χ1n) is 11.2. The number of hydroxylamine groups is 2. The lowest BCUT2D eigenvalue weighted by Gasteiger charge is -2.53. The maximum Gasteiger partial charge on any atom is 0.249 e. The maximum atomic E-state index is 12.8. The third kappa shape index (κ3) is 3.85. The fourth-order valence-electron chi connectivity index (χ4n) is 5.78. The fourth-order valence-corrected chi connectivity index (χ4v) is 5.78. The molecule has 5 fully saturated rings. The van der Waals surface area contributed by atoms with E-state index in [0.717, 1.165) is 71.4 Å². The third-order valence-corrected chi connectivity index (χ3v) is 7.35. The first-order chi connectivity index (χ1) is 13.8. The number of fused-ring (bicyclic) bond motifs is 1. The van der Waals surface area contributed by atoms with E-state index < -0.39 is 0 Å². The smallest absolute Gasteiger partial charge is 0.249 e. The minimum atomic E-state index is 0.194. The molecule has 5 aliphatic rings. The van der Waals surface area contributed by atoms with E-state index in [2.05, 4.69) is 40.1 Å². The van der Waals surface area contributed by atoms with Crippen molar-refractivity contribution >= 4 is 5.91 Å². The molecule has 1 aromatic carbocycles. The van der Waals surface area contributed by atoms with Crippen LogP contribution >= 0.6 is 0 Å². The van der Waals surface area contributed by atoms with Crippen LogP contribution in [0.1, 0.15) is 44.1 Å². The summed E-state index contributed by atoms with van der Waals surface area (Å²) in [6.07, 6.45) is 7.04. The number of benzene rings is 1. The molecule has 0 radical (unpaired) electrons. The SMILES string of the molecule is O=C1C(CCCN2CCN(Cc3ccccc3)CC2)CC2CC3CCC2N1O3. The summed E-state index contributed by atoms with van der Waals surface area (Å²) in [6, 6.07) is 11.1. The molecule has 1 amide bonds. The van der Waals surface area contributed by atoms with Crippen LogP contribution in [0.5, 0.6) is 0 Å². The monoisotopic (exact) mass is 383 g/mol. The van der Waals surface area contributed by atoms with E-state index in [9.17, 15) is 4.79 Å². The van der Waals surface area contributed by atoms with Crippen molar-refractivity contribution in [2.45, 2.75) is 57.2 Å². The summed E-state index contributed by atoms with van der Waals surface area (Å²) >= 11 is 0. The summed E-state index contributed by atoms with van der Waals surface area (Å²) in [5.74, 6) is 1.16. The van der Waals surface area contributed by atoms with Crippen molar-refractivity contribution in [1.82, 2.24) is 14.9 Å². The molecule has 6 rings (SSSR count). The predicted octanol–water partition coefficient (Wildman–Crippen LogP) is 2.92. The second kappa shape index (κ2) is 8.13. The van der Waals surface area contributed by atoms with E-state index in [1.807, 2.05) is 0 Å². The molecule has 4 saturated heterocycles. The van der Waals surface area contributed by atoms with E-state index >= 15 is 0 Å². The van der Waals surface area contributed by atoms with Crippen molar-refractivity contribution in [3.8, 4) is 0 Å². The lowest BCUT2D eigenvalue weighted by molar-refractivity contribution is -0.292. The highest BCUT2D eigenvalue weighted by Gasteiger charge is 2.50. The topological polar surface area (TPSA) is 36.0 Å². The Morgan fingerprint density at radius 3 is 2.54 bits per heavy atom. The molecular weight excluding hydrogens is 350 g/mol. The molecule has 4 unspecified atom stereocenters. The van der Waals surface area contributed by atoms with Crippen LogP contribution in [0.25, 0.3) is 0 Å². The van der Waals surface area contributed by atoms with Crippen LogP contribution in [-0.4, -0.2) is 65.6 Å². The standard InChI is InChI=1S/C23H33N3O2/c27-23-19(15-20-16-21-8-9-22(20)26(23)28-21)7-4-10-24-11-13-25(14-12-24)17-18-5-2-1-3-6-18/h1-3,5-6,19-22H,4,7-17H2. The zero-order chi connectivity index (χ0) is 18.9. The molecule has 0 N–H and O–H groups in total. The number of carbonyl (C=O) groups excluding carboxylic acids is 1. The summed E-state index contributed by atoms with van der Waals surface area (Å²) < 4.78 is 0. The second-order valence-corrected chi connectivity index (χ2v) is 9.21. The van der Waals surface area contributed by atoms with Gasteiger partial charge in [-0.15, -0.1) is 0 Å². The summed E-state index contributed by atoms with van der Waals surface area (Å²) in [5, 5.41) is 1.79. The van der Waals surface area contributed by atoms with Gasteiger partial charge in [-0.05, 0) is 56.6 Å². The predicted molar refractivity (Wildman–Crippen MR) is 108 cm³/mol. The number of hydrogen-bond acceptors (Lipinski definition) is 4. The molecule has 0 spiro atoms. The highest BCUT2D eigenvalue weighted by molar-refractivity contribution is 5.79. The molecule has 5 heteroatoms. The number of amides is 1. The molecule has 5 nitrogen and oxygen atoms in total. The summed E-state index contributed by atoms with van der Waals surface area (Å²) in [5.41, 5.74) is 1.41. The van der Waals surface area contributed by atoms with E-state index in [1.165, 1.54) is 12.0 Å². The number of carbonyl (C=O) groups is 1. The van der Waals surface area contributed by atoms with Crippen molar-refractivity contribution in [2.24, 2.45) is 11.8 Å². The molecule has 0 aromatic heterocycles. The minimum absolute atomic E-state index is 0.194. The van der Waals surface area contributed by atoms with Gasteiger partial charge in [0.05, 0.1) is 12.1 Å². The normalized spacial score (nSPS) is 33.4. The molecule has 4 heterocycles. The van der Waals surface area contributed by atoms with E-state index in [4.69, 9.17) is 4.84 Å². The average Bonchev–Trinajstić information content (AvgIpc) is 2.74. The first-order valence-corrected chi connectivity index (χ1v) is 11.2. The molecule has 1 saturated carbocycles. The van der Waals surface area contributed by atoms with Gasteiger partial charge in [-0.3, -0.25) is 14.5 Å². The summed E-state index contributed by atoms with van der Waals surface area (Å²) in [6.45, 7) is 6.76. The van der Waals surface area contributed by atoms with Crippen molar-refractivity contribution in [3.05, 3.63) is 35.9 Å². The van der Waals surface area contributed by atoms with Crippen LogP contribution in [0.15, 0.2) is 30.3 Å². The molecule has 4 atom stereocenters. The van der Waals surface area contributed by atoms with Crippen molar-refractivity contribution in [3.63, 3.8) is 0 Å². The zero-order valence-corrected chi connectivity index (χ0v) is 16.8. The van der Waals surface area contributed by atoms with Crippen molar-refractivity contribution in [2.75, 3.05) is 32.7 Å². The van der Waals surface area contributed by atoms with Crippen LogP contribution in [-0.2, 0) is 16.2 Å². The van der Waals surface area contributed by atoms with Gasteiger partial charge in [0.15, 0.2) is 0 Å². The summed E-state index contributed by atoms with van der Waals surface area (Å²) in [7, 11) is 0. The van der Waals surface area contributed by atoms with Crippen LogP contribution in [0, 0.1) is 11.8 Å². The Kier molecular flexibility index (Phi) is 5.40. The van der Waals surface area contributed by atoms with Gasteiger partial charge in [0.2, 0.25) is 5.91 Å². The number of rotatable bonds is 6. The van der Waals surface area contributed by atoms with Gasteiger partial charge in [-0.1, -0.05) is 30.3 Å². The Bertz CT molecular complexity index is 674. The lowest BCUT2D eigenvalue weighted by atomic mass is 9.72. The van der Waals surface area contributed by atoms with E-state index in [1.54, 1.807) is 5.06 Å². The van der Waals surface area contributed by atoms with Crippen molar-refractivity contribution in [1.29, 1.82) is 0 Å². The van der Waals surface area contributed by atoms with Crippen LogP contribution in [0.3, 0.4) is 0 Å². The highest BCUT2D eigenvalue weighted by Crippen LogP contribution is 2.45. The Hall–Kier alpha value is -1.43. The number of hydrogen-bond donors (Lipinski definition) is 0. The Morgan fingerprint density at radius 1 is 0.964 bits per heavy atom. The van der Waals surface area contributed by atoms with Gasteiger partial charge >= 0.3 is 0 Å². The summed E-state index contributed by atoms with van der Waals surface area (Å²) in [4.78, 5) is 23.9. The highest BCUT2D eigenvalue weighted by atomic mass is 16.7. The van der Waals surface area contributed by atoms with Gasteiger partial charge in [-0.25, -0.2) is 5.06 Å². The Balaban J connectivity index is 1.04. The largest absolute Gasteiger partial charge is 0.301 e. The van der Waals surface area contributed by atoms with Crippen molar-refractivity contribution < 1.29 is 9.63 Å². The van der Waals surface area contributed by atoms with Gasteiger partial charge in [0, 0.05) is 38.6 Å². The molecule has 1 aromatic rings.